The molecular weight excluding hydrogens is 174 g/mol. The van der Waals surface area contributed by atoms with Gasteiger partial charge in [-0.25, -0.2) is 4.98 Å². The van der Waals surface area contributed by atoms with E-state index >= 15 is 0 Å². The van der Waals surface area contributed by atoms with E-state index in [2.05, 4.69) is 24.9 Å². The Labute approximate surface area is 82.6 Å². The summed E-state index contributed by atoms with van der Waals surface area (Å²) in [6.07, 6.45) is 3.87. The molecule has 0 unspecified atom stereocenters. The summed E-state index contributed by atoms with van der Waals surface area (Å²) in [6, 6.07) is 5.69. The molecule has 0 aliphatic rings. The lowest BCUT2D eigenvalue weighted by Gasteiger charge is -1.94. The molecule has 70 valence electrons. The first kappa shape index (κ1) is 8.76. The van der Waals surface area contributed by atoms with Crippen LogP contribution in [0.5, 0.6) is 0 Å². The molecule has 0 saturated carbocycles. The number of fused-ring (bicyclic) bond motifs is 1. The molecule has 0 aliphatic heterocycles. The first-order chi connectivity index (χ1) is 6.70. The molecule has 2 aromatic heterocycles. The van der Waals surface area contributed by atoms with Gasteiger partial charge in [-0.15, -0.1) is 0 Å². The highest BCUT2D eigenvalue weighted by Gasteiger charge is 2.05. The highest BCUT2D eigenvalue weighted by atomic mass is 15.0. The van der Waals surface area contributed by atoms with E-state index in [1.54, 1.807) is 12.1 Å². The molecule has 0 atom stereocenters. The van der Waals surface area contributed by atoms with Gasteiger partial charge in [0.25, 0.3) is 0 Å². The van der Waals surface area contributed by atoms with Crippen molar-refractivity contribution in [3.8, 4) is 6.07 Å². The summed E-state index contributed by atoms with van der Waals surface area (Å²) in [4.78, 5) is 4.43. The lowest BCUT2D eigenvalue weighted by molar-refractivity contribution is 0.834. The van der Waals surface area contributed by atoms with Crippen molar-refractivity contribution in [2.45, 2.75) is 19.8 Å². The molecule has 0 fully saturated rings. The number of imidazole rings is 1. The fourth-order valence-electron chi connectivity index (χ4n) is 1.35. The monoisotopic (exact) mass is 185 g/mol. The lowest BCUT2D eigenvalue weighted by Crippen LogP contribution is -1.84. The largest absolute Gasteiger partial charge is 0.307 e. The summed E-state index contributed by atoms with van der Waals surface area (Å²) in [7, 11) is 0. The van der Waals surface area contributed by atoms with Gasteiger partial charge in [0.1, 0.15) is 5.65 Å². The molecule has 3 heteroatoms. The van der Waals surface area contributed by atoms with Gasteiger partial charge in [0.15, 0.2) is 0 Å². The second kappa shape index (κ2) is 3.15. The zero-order valence-corrected chi connectivity index (χ0v) is 8.23. The van der Waals surface area contributed by atoms with Crippen LogP contribution in [-0.2, 0) is 0 Å². The SMILES string of the molecule is CC(C)c1cn2ccc(C#N)cc2n1. The zero-order valence-electron chi connectivity index (χ0n) is 8.23. The fourth-order valence-corrected chi connectivity index (χ4v) is 1.35. The van der Waals surface area contributed by atoms with E-state index in [0.717, 1.165) is 11.3 Å². The summed E-state index contributed by atoms with van der Waals surface area (Å²) in [5.74, 6) is 0.417. The van der Waals surface area contributed by atoms with E-state index in [1.807, 2.05) is 16.8 Å². The quantitative estimate of drug-likeness (QED) is 0.684. The van der Waals surface area contributed by atoms with Crippen molar-refractivity contribution >= 4 is 5.65 Å². The molecule has 14 heavy (non-hydrogen) atoms. The highest BCUT2D eigenvalue weighted by molar-refractivity contribution is 5.47. The predicted molar refractivity (Wildman–Crippen MR) is 54.0 cm³/mol. The molecule has 0 N–H and O–H groups in total. The second-order valence-electron chi connectivity index (χ2n) is 3.61. The van der Waals surface area contributed by atoms with Crippen LogP contribution in [0.4, 0.5) is 0 Å². The van der Waals surface area contributed by atoms with E-state index in [9.17, 15) is 0 Å². The minimum absolute atomic E-state index is 0.417. The minimum atomic E-state index is 0.417. The first-order valence-electron chi connectivity index (χ1n) is 4.59. The molecule has 2 aromatic rings. The zero-order chi connectivity index (χ0) is 10.1. The first-order valence-corrected chi connectivity index (χ1v) is 4.59. The number of hydrogen-bond acceptors (Lipinski definition) is 2. The molecule has 0 spiro atoms. The van der Waals surface area contributed by atoms with Crippen molar-refractivity contribution in [3.63, 3.8) is 0 Å². The summed E-state index contributed by atoms with van der Waals surface area (Å²) in [5.41, 5.74) is 2.55. The van der Waals surface area contributed by atoms with E-state index in [-0.39, 0.29) is 0 Å². The predicted octanol–water partition coefficient (Wildman–Crippen LogP) is 2.33. The van der Waals surface area contributed by atoms with Crippen molar-refractivity contribution in [2.75, 3.05) is 0 Å². The van der Waals surface area contributed by atoms with E-state index in [4.69, 9.17) is 5.26 Å². The topological polar surface area (TPSA) is 41.1 Å². The standard InChI is InChI=1S/C11H11N3/c1-8(2)10-7-14-4-3-9(6-12)5-11(14)13-10/h3-5,7-8H,1-2H3. The average molecular weight is 185 g/mol. The maximum atomic E-state index is 8.73. The maximum Gasteiger partial charge on any atom is 0.138 e. The Morgan fingerprint density at radius 3 is 2.93 bits per heavy atom. The summed E-state index contributed by atoms with van der Waals surface area (Å²) in [5, 5.41) is 8.73. The maximum absolute atomic E-state index is 8.73. The van der Waals surface area contributed by atoms with Crippen molar-refractivity contribution in [3.05, 3.63) is 35.8 Å². The fraction of sp³-hybridized carbons (Fsp3) is 0.273. The van der Waals surface area contributed by atoms with Gasteiger partial charge >= 0.3 is 0 Å². The van der Waals surface area contributed by atoms with Crippen LogP contribution in [0, 0.1) is 11.3 Å². The Balaban J connectivity index is 2.61. The summed E-state index contributed by atoms with van der Waals surface area (Å²) in [6.45, 7) is 4.21. The van der Waals surface area contributed by atoms with Gasteiger partial charge in [0.05, 0.1) is 17.3 Å². The van der Waals surface area contributed by atoms with Gasteiger partial charge in [-0.3, -0.25) is 0 Å². The van der Waals surface area contributed by atoms with E-state index in [0.29, 0.717) is 11.5 Å². The molecule has 0 bridgehead atoms. The Morgan fingerprint density at radius 1 is 1.50 bits per heavy atom. The number of nitrogens with zero attached hydrogens (tertiary/aromatic N) is 3. The van der Waals surface area contributed by atoms with Crippen molar-refractivity contribution in [1.82, 2.24) is 9.38 Å². The number of hydrogen-bond donors (Lipinski definition) is 0. The second-order valence-corrected chi connectivity index (χ2v) is 3.61. The van der Waals surface area contributed by atoms with Crippen LogP contribution >= 0.6 is 0 Å². The Morgan fingerprint density at radius 2 is 2.29 bits per heavy atom. The van der Waals surface area contributed by atoms with Gasteiger partial charge in [0, 0.05) is 12.4 Å². The Bertz CT molecular complexity index is 503. The molecule has 0 amide bonds. The molecular formula is C11H11N3. The lowest BCUT2D eigenvalue weighted by atomic mass is 10.2. The third-order valence-electron chi connectivity index (χ3n) is 2.20. The molecule has 0 aromatic carbocycles. The van der Waals surface area contributed by atoms with Gasteiger partial charge in [-0.2, -0.15) is 5.26 Å². The number of rotatable bonds is 1. The van der Waals surface area contributed by atoms with Crippen molar-refractivity contribution < 1.29 is 0 Å². The van der Waals surface area contributed by atoms with Gasteiger partial charge in [-0.05, 0) is 18.1 Å². The summed E-state index contributed by atoms with van der Waals surface area (Å²) < 4.78 is 1.94. The van der Waals surface area contributed by atoms with Crippen LogP contribution in [-0.4, -0.2) is 9.38 Å². The van der Waals surface area contributed by atoms with Crippen LogP contribution in [0.3, 0.4) is 0 Å². The van der Waals surface area contributed by atoms with Crippen molar-refractivity contribution in [1.29, 1.82) is 5.26 Å². The molecule has 2 heterocycles. The van der Waals surface area contributed by atoms with Crippen LogP contribution in [0.1, 0.15) is 31.0 Å². The van der Waals surface area contributed by atoms with Crippen LogP contribution in [0.2, 0.25) is 0 Å². The van der Waals surface area contributed by atoms with E-state index < -0.39 is 0 Å². The third kappa shape index (κ3) is 1.35. The molecule has 0 saturated heterocycles. The van der Waals surface area contributed by atoms with Crippen LogP contribution in [0.25, 0.3) is 5.65 Å². The van der Waals surface area contributed by atoms with Crippen LogP contribution < -0.4 is 0 Å². The number of aromatic nitrogens is 2. The third-order valence-corrected chi connectivity index (χ3v) is 2.20. The summed E-state index contributed by atoms with van der Waals surface area (Å²) >= 11 is 0. The van der Waals surface area contributed by atoms with E-state index in [1.165, 1.54) is 0 Å². The van der Waals surface area contributed by atoms with Crippen molar-refractivity contribution in [2.24, 2.45) is 0 Å². The number of nitriles is 1. The normalized spacial score (nSPS) is 10.7. The van der Waals surface area contributed by atoms with Gasteiger partial charge in [-0.1, -0.05) is 13.8 Å². The number of pyridine rings is 1. The smallest absolute Gasteiger partial charge is 0.138 e. The molecule has 3 nitrogen and oxygen atoms in total. The highest BCUT2D eigenvalue weighted by Crippen LogP contribution is 2.14. The Kier molecular flexibility index (Phi) is 1.97. The van der Waals surface area contributed by atoms with Crippen LogP contribution in [0.15, 0.2) is 24.5 Å². The Hall–Kier alpha value is -1.82. The average Bonchev–Trinajstić information content (AvgIpc) is 2.59. The molecule has 2 rings (SSSR count). The molecule has 0 radical (unpaired) electrons. The molecule has 0 aliphatic carbocycles. The minimum Gasteiger partial charge on any atom is -0.307 e. The van der Waals surface area contributed by atoms with Gasteiger partial charge < -0.3 is 4.40 Å². The van der Waals surface area contributed by atoms with Gasteiger partial charge in [0.2, 0.25) is 0 Å².